The number of aliphatic hydroxyl groups is 1. The molecule has 1 amide bonds. The minimum absolute atomic E-state index is 0.0954. The Hall–Kier alpha value is -2.39. The molecule has 0 spiro atoms. The zero-order chi connectivity index (χ0) is 18.9. The lowest BCUT2D eigenvalue weighted by atomic mass is 10.1. The maximum atomic E-state index is 11.9. The topological polar surface area (TPSA) is 77.0 Å². The lowest BCUT2D eigenvalue weighted by Gasteiger charge is -2.21. The van der Waals surface area contributed by atoms with E-state index in [-0.39, 0.29) is 19.3 Å². The first-order valence-electron chi connectivity index (χ1n) is 8.21. The molecular weight excluding hydrogens is 322 g/mol. The number of carbonyl (C=O) groups excluding carboxylic acids is 1. The van der Waals surface area contributed by atoms with E-state index in [1.165, 1.54) is 0 Å². The van der Waals surface area contributed by atoms with Gasteiger partial charge in [-0.15, -0.1) is 0 Å². The number of aliphatic hydroxyl groups excluding tert-OH is 1. The molecule has 0 saturated carbocycles. The number of carbonyl (C=O) groups is 1. The third-order valence-electron chi connectivity index (χ3n) is 3.02. The second kappa shape index (κ2) is 9.80. The Morgan fingerprint density at radius 1 is 1.36 bits per heavy atom. The maximum absolute atomic E-state index is 11.9. The number of rotatable bonds is 6. The monoisotopic (exact) mass is 349 g/mol. The van der Waals surface area contributed by atoms with Crippen LogP contribution in [-0.4, -0.2) is 43.2 Å². The van der Waals surface area contributed by atoms with Crippen molar-refractivity contribution in [1.29, 1.82) is 0 Å². The van der Waals surface area contributed by atoms with E-state index in [0.717, 1.165) is 0 Å². The van der Waals surface area contributed by atoms with Crippen molar-refractivity contribution >= 4 is 6.09 Å². The smallest absolute Gasteiger partial charge is 0.408 e. The summed E-state index contributed by atoms with van der Waals surface area (Å²) in [5.74, 6) is 7.18. The summed E-state index contributed by atoms with van der Waals surface area (Å²) in [6, 6.07) is 4.92. The molecular formula is C19H27NO5. The van der Waals surface area contributed by atoms with Gasteiger partial charge in [0.15, 0.2) is 0 Å². The number of benzene rings is 1. The van der Waals surface area contributed by atoms with Gasteiger partial charge in [0, 0.05) is 6.07 Å². The summed E-state index contributed by atoms with van der Waals surface area (Å²) in [5, 5.41) is 11.7. The summed E-state index contributed by atoms with van der Waals surface area (Å²) in [4.78, 5) is 11.9. The molecule has 1 atom stereocenters. The van der Waals surface area contributed by atoms with Crippen molar-refractivity contribution in [3.63, 3.8) is 0 Å². The SMILES string of the molecule is CC[C@H](C#Cc1ccc(OC)cc1OCCO)NC(=O)OC(C)(C)C. The molecule has 0 aliphatic rings. The van der Waals surface area contributed by atoms with Gasteiger partial charge in [0.1, 0.15) is 23.7 Å². The molecule has 6 nitrogen and oxygen atoms in total. The lowest BCUT2D eigenvalue weighted by molar-refractivity contribution is 0.0515. The van der Waals surface area contributed by atoms with Crippen molar-refractivity contribution in [3.05, 3.63) is 23.8 Å². The molecule has 138 valence electrons. The van der Waals surface area contributed by atoms with Crippen LogP contribution in [0.4, 0.5) is 4.79 Å². The number of ether oxygens (including phenoxy) is 3. The fourth-order valence-corrected chi connectivity index (χ4v) is 1.86. The fraction of sp³-hybridized carbons (Fsp3) is 0.526. The van der Waals surface area contributed by atoms with Crippen LogP contribution < -0.4 is 14.8 Å². The molecule has 25 heavy (non-hydrogen) atoms. The minimum atomic E-state index is -0.558. The van der Waals surface area contributed by atoms with E-state index in [4.69, 9.17) is 19.3 Å². The predicted octanol–water partition coefficient (Wildman–Crippen LogP) is 2.72. The van der Waals surface area contributed by atoms with Crippen molar-refractivity contribution < 1.29 is 24.1 Å². The Kier molecular flexibility index (Phi) is 8.09. The van der Waals surface area contributed by atoms with Gasteiger partial charge in [0.25, 0.3) is 0 Å². The quantitative estimate of drug-likeness (QED) is 0.772. The summed E-state index contributed by atoms with van der Waals surface area (Å²) in [6.45, 7) is 7.41. The highest BCUT2D eigenvalue weighted by molar-refractivity contribution is 5.68. The van der Waals surface area contributed by atoms with Gasteiger partial charge in [-0.3, -0.25) is 0 Å². The molecule has 0 radical (unpaired) electrons. The van der Waals surface area contributed by atoms with E-state index in [2.05, 4.69) is 17.2 Å². The Labute approximate surface area is 149 Å². The van der Waals surface area contributed by atoms with Gasteiger partial charge in [-0.05, 0) is 39.3 Å². The number of hydrogen-bond acceptors (Lipinski definition) is 5. The van der Waals surface area contributed by atoms with E-state index in [9.17, 15) is 4.79 Å². The molecule has 1 aromatic carbocycles. The van der Waals surface area contributed by atoms with Gasteiger partial charge < -0.3 is 24.6 Å². The van der Waals surface area contributed by atoms with Crippen molar-refractivity contribution in [3.8, 4) is 23.3 Å². The van der Waals surface area contributed by atoms with Crippen LogP contribution in [0.2, 0.25) is 0 Å². The van der Waals surface area contributed by atoms with E-state index in [0.29, 0.717) is 23.5 Å². The van der Waals surface area contributed by atoms with Crippen LogP contribution in [0.5, 0.6) is 11.5 Å². The molecule has 0 aromatic heterocycles. The summed E-state index contributed by atoms with van der Waals surface area (Å²) in [6.07, 6.45) is 0.134. The number of amides is 1. The van der Waals surface area contributed by atoms with Crippen LogP contribution in [0.25, 0.3) is 0 Å². The highest BCUT2D eigenvalue weighted by Gasteiger charge is 2.17. The largest absolute Gasteiger partial charge is 0.497 e. The van der Waals surface area contributed by atoms with E-state index in [1.54, 1.807) is 46.1 Å². The van der Waals surface area contributed by atoms with Gasteiger partial charge >= 0.3 is 6.09 Å². The van der Waals surface area contributed by atoms with Gasteiger partial charge in [-0.2, -0.15) is 0 Å². The number of nitrogens with one attached hydrogen (secondary N) is 1. The van der Waals surface area contributed by atoms with E-state index >= 15 is 0 Å². The highest BCUT2D eigenvalue weighted by Crippen LogP contribution is 2.24. The maximum Gasteiger partial charge on any atom is 0.408 e. The van der Waals surface area contributed by atoms with Crippen molar-refractivity contribution in [2.45, 2.75) is 45.8 Å². The van der Waals surface area contributed by atoms with Crippen molar-refractivity contribution in [2.75, 3.05) is 20.3 Å². The first kappa shape index (κ1) is 20.7. The average Bonchev–Trinajstić information content (AvgIpc) is 2.55. The van der Waals surface area contributed by atoms with Crippen LogP contribution in [0.3, 0.4) is 0 Å². The van der Waals surface area contributed by atoms with Crippen LogP contribution in [0.1, 0.15) is 39.7 Å². The summed E-state index contributed by atoms with van der Waals surface area (Å²) < 4.78 is 15.9. The zero-order valence-corrected chi connectivity index (χ0v) is 15.5. The van der Waals surface area contributed by atoms with Crippen LogP contribution in [0, 0.1) is 11.8 Å². The minimum Gasteiger partial charge on any atom is -0.497 e. The van der Waals surface area contributed by atoms with Gasteiger partial charge in [0.2, 0.25) is 0 Å². The fourth-order valence-electron chi connectivity index (χ4n) is 1.86. The van der Waals surface area contributed by atoms with Crippen molar-refractivity contribution in [2.24, 2.45) is 0 Å². The standard InChI is InChI=1S/C19H27NO5/c1-6-15(20-18(22)25-19(2,3)4)9-7-14-8-10-16(23-5)13-17(14)24-12-11-21/h8,10,13,15,21H,6,11-12H2,1-5H3,(H,20,22)/t15-/m1/s1. The molecule has 6 heteroatoms. The van der Waals surface area contributed by atoms with Crippen molar-refractivity contribution in [1.82, 2.24) is 5.32 Å². The van der Waals surface area contributed by atoms with Gasteiger partial charge in [-0.25, -0.2) is 4.79 Å². The van der Waals surface area contributed by atoms with Crippen LogP contribution in [0.15, 0.2) is 18.2 Å². The molecule has 0 bridgehead atoms. The predicted molar refractivity (Wildman–Crippen MR) is 95.9 cm³/mol. The second-order valence-corrected chi connectivity index (χ2v) is 6.31. The van der Waals surface area contributed by atoms with Crippen LogP contribution >= 0.6 is 0 Å². The molecule has 0 aliphatic carbocycles. The summed E-state index contributed by atoms with van der Waals surface area (Å²) in [5.41, 5.74) is 0.0931. The molecule has 1 rings (SSSR count). The second-order valence-electron chi connectivity index (χ2n) is 6.31. The molecule has 0 aliphatic heterocycles. The van der Waals surface area contributed by atoms with E-state index in [1.807, 2.05) is 6.92 Å². The molecule has 0 fully saturated rings. The third-order valence-corrected chi connectivity index (χ3v) is 3.02. The lowest BCUT2D eigenvalue weighted by Crippen LogP contribution is -2.38. The Morgan fingerprint density at radius 2 is 2.08 bits per heavy atom. The number of alkyl carbamates (subject to hydrolysis) is 1. The zero-order valence-electron chi connectivity index (χ0n) is 15.5. The van der Waals surface area contributed by atoms with Gasteiger partial charge in [-0.1, -0.05) is 18.8 Å². The van der Waals surface area contributed by atoms with Crippen LogP contribution in [-0.2, 0) is 4.74 Å². The molecule has 0 saturated heterocycles. The first-order valence-corrected chi connectivity index (χ1v) is 8.21. The number of hydrogen-bond donors (Lipinski definition) is 2. The third kappa shape index (κ3) is 7.81. The van der Waals surface area contributed by atoms with E-state index < -0.39 is 11.7 Å². The molecule has 2 N–H and O–H groups in total. The Bertz CT molecular complexity index is 625. The Balaban J connectivity index is 2.90. The Morgan fingerprint density at radius 3 is 2.64 bits per heavy atom. The highest BCUT2D eigenvalue weighted by atomic mass is 16.6. The molecule has 0 unspecified atom stereocenters. The summed E-state index contributed by atoms with van der Waals surface area (Å²) in [7, 11) is 1.56. The molecule has 0 heterocycles. The first-order chi connectivity index (χ1) is 11.8. The summed E-state index contributed by atoms with van der Waals surface area (Å²) >= 11 is 0. The number of methoxy groups -OCH3 is 1. The van der Waals surface area contributed by atoms with Gasteiger partial charge in [0.05, 0.1) is 25.3 Å². The average molecular weight is 349 g/mol. The normalized spacial score (nSPS) is 11.8. The molecule has 1 aromatic rings.